The third kappa shape index (κ3) is 3.51. The van der Waals surface area contributed by atoms with Gasteiger partial charge in [0.05, 0.1) is 21.6 Å². The Kier molecular flexibility index (Phi) is 5.11. The number of carbonyl (C=O) groups excluding carboxylic acids is 1. The summed E-state index contributed by atoms with van der Waals surface area (Å²) in [6.07, 6.45) is 1.96. The number of carbonyl (C=O) groups is 1. The average molecular weight is 408 g/mol. The normalized spacial score (nSPS) is 11.0. The molecule has 0 saturated carbocycles. The highest BCUT2D eigenvalue weighted by molar-refractivity contribution is 7.98. The first-order chi connectivity index (χ1) is 13.6. The molecule has 6 heteroatoms. The molecular weight excluding hydrogens is 390 g/mol. The number of hydrogen-bond acceptors (Lipinski definition) is 3. The van der Waals surface area contributed by atoms with Crippen LogP contribution < -0.4 is 5.32 Å². The number of anilines is 1. The Bertz CT molecular complexity index is 1170. The predicted octanol–water partition coefficient (Wildman–Crippen LogP) is 5.87. The minimum absolute atomic E-state index is 0.226. The van der Waals surface area contributed by atoms with E-state index < -0.39 is 0 Å². The zero-order valence-electron chi connectivity index (χ0n) is 15.4. The molecule has 0 aliphatic heterocycles. The first kappa shape index (κ1) is 18.6. The number of fused-ring (bicyclic) bond motifs is 1. The smallest absolute Gasteiger partial charge is 0.257 e. The number of amides is 1. The minimum atomic E-state index is -0.226. The van der Waals surface area contributed by atoms with Gasteiger partial charge in [-0.15, -0.1) is 11.8 Å². The van der Waals surface area contributed by atoms with E-state index in [4.69, 9.17) is 16.6 Å². The molecule has 3 aromatic carbocycles. The van der Waals surface area contributed by atoms with Crippen molar-refractivity contribution in [2.45, 2.75) is 4.90 Å². The zero-order valence-corrected chi connectivity index (χ0v) is 17.0. The Hall–Kier alpha value is -2.76. The number of para-hydroxylation sites is 2. The minimum Gasteiger partial charge on any atom is -0.327 e. The van der Waals surface area contributed by atoms with Crippen molar-refractivity contribution in [3.63, 3.8) is 0 Å². The molecule has 0 atom stereocenters. The average Bonchev–Trinajstić information content (AvgIpc) is 3.06. The number of benzene rings is 3. The number of halogens is 1. The van der Waals surface area contributed by atoms with Gasteiger partial charge in [0, 0.05) is 23.2 Å². The molecule has 0 bridgehead atoms. The predicted molar refractivity (Wildman–Crippen MR) is 117 cm³/mol. The molecule has 0 aliphatic carbocycles. The van der Waals surface area contributed by atoms with Crippen LogP contribution in [0.15, 0.2) is 71.6 Å². The van der Waals surface area contributed by atoms with Crippen molar-refractivity contribution in [1.82, 2.24) is 9.55 Å². The van der Waals surface area contributed by atoms with Gasteiger partial charge in [-0.3, -0.25) is 4.79 Å². The van der Waals surface area contributed by atoms with Crippen LogP contribution in [0.1, 0.15) is 10.4 Å². The van der Waals surface area contributed by atoms with Gasteiger partial charge in [0.15, 0.2) is 0 Å². The molecule has 0 saturated heterocycles. The van der Waals surface area contributed by atoms with E-state index in [2.05, 4.69) is 9.88 Å². The molecule has 4 nitrogen and oxygen atoms in total. The second-order valence-corrected chi connectivity index (χ2v) is 7.65. The molecule has 140 valence electrons. The van der Waals surface area contributed by atoms with Crippen LogP contribution in [-0.2, 0) is 7.05 Å². The van der Waals surface area contributed by atoms with Gasteiger partial charge < -0.3 is 9.88 Å². The Balaban J connectivity index is 1.58. The fourth-order valence-corrected chi connectivity index (χ4v) is 3.75. The summed E-state index contributed by atoms with van der Waals surface area (Å²) in [7, 11) is 2.00. The quantitative estimate of drug-likeness (QED) is 0.430. The molecular formula is C22H18ClN3OS. The maximum Gasteiger partial charge on any atom is 0.257 e. The summed E-state index contributed by atoms with van der Waals surface area (Å²) in [5.74, 6) is 0.658. The highest BCUT2D eigenvalue weighted by atomic mass is 35.5. The van der Waals surface area contributed by atoms with Crippen molar-refractivity contribution >= 4 is 46.0 Å². The summed E-state index contributed by atoms with van der Waals surface area (Å²) < 4.78 is 2.07. The van der Waals surface area contributed by atoms with Gasteiger partial charge in [-0.1, -0.05) is 23.7 Å². The molecule has 1 heterocycles. The highest BCUT2D eigenvalue weighted by Gasteiger charge is 2.13. The Morgan fingerprint density at radius 2 is 1.82 bits per heavy atom. The Morgan fingerprint density at radius 3 is 2.54 bits per heavy atom. The van der Waals surface area contributed by atoms with Crippen LogP contribution in [-0.4, -0.2) is 21.7 Å². The van der Waals surface area contributed by atoms with Gasteiger partial charge in [0.1, 0.15) is 5.82 Å². The molecule has 0 fully saturated rings. The topological polar surface area (TPSA) is 46.9 Å². The molecule has 1 N–H and O–H groups in total. The van der Waals surface area contributed by atoms with E-state index in [1.807, 2.05) is 67.9 Å². The Labute approximate surface area is 172 Å². The van der Waals surface area contributed by atoms with Gasteiger partial charge in [-0.25, -0.2) is 4.98 Å². The number of hydrogen-bond donors (Lipinski definition) is 1. The lowest BCUT2D eigenvalue weighted by Gasteiger charge is -2.09. The standard InChI is InChI=1S/C22H18ClN3OS/c1-26-20-6-4-3-5-19(20)25-21(26)14-7-9-15(10-8-14)24-22(27)17-13-16(28-2)11-12-18(17)23/h3-13H,1-2H3,(H,24,27). The monoisotopic (exact) mass is 407 g/mol. The van der Waals surface area contributed by atoms with E-state index in [9.17, 15) is 4.79 Å². The molecule has 1 aromatic heterocycles. The van der Waals surface area contributed by atoms with Crippen LogP contribution in [0.2, 0.25) is 5.02 Å². The maximum atomic E-state index is 12.6. The third-order valence-corrected chi connectivity index (χ3v) is 5.66. The fraction of sp³-hybridized carbons (Fsp3) is 0.0909. The van der Waals surface area contributed by atoms with E-state index in [1.165, 1.54) is 0 Å². The maximum absolute atomic E-state index is 12.6. The third-order valence-electron chi connectivity index (χ3n) is 4.61. The SMILES string of the molecule is CSc1ccc(Cl)c(C(=O)Nc2ccc(-c3nc4ccccc4n3C)cc2)c1. The van der Waals surface area contributed by atoms with Crippen molar-refractivity contribution in [3.05, 3.63) is 77.3 Å². The van der Waals surface area contributed by atoms with Crippen LogP contribution in [0.25, 0.3) is 22.4 Å². The van der Waals surface area contributed by atoms with Crippen molar-refractivity contribution in [2.24, 2.45) is 7.05 Å². The van der Waals surface area contributed by atoms with E-state index in [1.54, 1.807) is 23.9 Å². The van der Waals surface area contributed by atoms with Crippen molar-refractivity contribution in [1.29, 1.82) is 0 Å². The lowest BCUT2D eigenvalue weighted by atomic mass is 10.1. The number of nitrogens with one attached hydrogen (secondary N) is 1. The summed E-state index contributed by atoms with van der Waals surface area (Å²) in [5, 5.41) is 3.35. The van der Waals surface area contributed by atoms with Gasteiger partial charge >= 0.3 is 0 Å². The van der Waals surface area contributed by atoms with E-state index in [0.717, 1.165) is 27.3 Å². The second kappa shape index (κ2) is 7.70. The van der Waals surface area contributed by atoms with Crippen molar-refractivity contribution < 1.29 is 4.79 Å². The van der Waals surface area contributed by atoms with Gasteiger partial charge in [-0.05, 0) is 60.9 Å². The highest BCUT2D eigenvalue weighted by Crippen LogP contribution is 2.26. The zero-order chi connectivity index (χ0) is 19.7. The molecule has 0 unspecified atom stereocenters. The number of rotatable bonds is 4. The molecule has 0 radical (unpaired) electrons. The second-order valence-electron chi connectivity index (χ2n) is 6.36. The number of thioether (sulfide) groups is 1. The first-order valence-corrected chi connectivity index (χ1v) is 10.3. The molecule has 4 aromatic rings. The van der Waals surface area contributed by atoms with Crippen LogP contribution >= 0.6 is 23.4 Å². The largest absolute Gasteiger partial charge is 0.327 e. The van der Waals surface area contributed by atoms with Crippen LogP contribution in [0, 0.1) is 0 Å². The summed E-state index contributed by atoms with van der Waals surface area (Å²) in [6, 6.07) is 21.1. The molecule has 0 spiro atoms. The number of aryl methyl sites for hydroxylation is 1. The molecule has 0 aliphatic rings. The number of imidazole rings is 1. The van der Waals surface area contributed by atoms with Gasteiger partial charge in [0.25, 0.3) is 5.91 Å². The van der Waals surface area contributed by atoms with E-state index in [0.29, 0.717) is 16.3 Å². The van der Waals surface area contributed by atoms with Crippen molar-refractivity contribution in [3.8, 4) is 11.4 Å². The fourth-order valence-electron chi connectivity index (χ4n) is 3.11. The van der Waals surface area contributed by atoms with Gasteiger partial charge in [-0.2, -0.15) is 0 Å². The number of nitrogens with zero attached hydrogens (tertiary/aromatic N) is 2. The van der Waals surface area contributed by atoms with E-state index in [-0.39, 0.29) is 5.91 Å². The summed E-state index contributed by atoms with van der Waals surface area (Å²) in [6.45, 7) is 0. The summed E-state index contributed by atoms with van der Waals surface area (Å²) in [4.78, 5) is 18.3. The lowest BCUT2D eigenvalue weighted by Crippen LogP contribution is -2.12. The van der Waals surface area contributed by atoms with E-state index >= 15 is 0 Å². The van der Waals surface area contributed by atoms with Crippen molar-refractivity contribution in [2.75, 3.05) is 11.6 Å². The van der Waals surface area contributed by atoms with Gasteiger partial charge in [0.2, 0.25) is 0 Å². The molecule has 28 heavy (non-hydrogen) atoms. The van der Waals surface area contributed by atoms with Crippen LogP contribution in [0.4, 0.5) is 5.69 Å². The van der Waals surface area contributed by atoms with Crippen LogP contribution in [0.5, 0.6) is 0 Å². The number of aromatic nitrogens is 2. The Morgan fingerprint density at radius 1 is 1.07 bits per heavy atom. The lowest BCUT2D eigenvalue weighted by molar-refractivity contribution is 0.102. The summed E-state index contributed by atoms with van der Waals surface area (Å²) >= 11 is 7.76. The molecule has 1 amide bonds. The summed E-state index contributed by atoms with van der Waals surface area (Å²) in [5.41, 5.74) is 4.20. The first-order valence-electron chi connectivity index (χ1n) is 8.73. The van der Waals surface area contributed by atoms with Crippen LogP contribution in [0.3, 0.4) is 0 Å². The molecule has 4 rings (SSSR count).